The van der Waals surface area contributed by atoms with Crippen LogP contribution >= 0.6 is 11.8 Å². The van der Waals surface area contributed by atoms with Gasteiger partial charge in [-0.25, -0.2) is 42.0 Å². The molecule has 4 fully saturated rings. The molecule has 0 aromatic heterocycles. The molecule has 2 saturated carbocycles. The highest BCUT2D eigenvalue weighted by atomic mass is 32.2. The van der Waals surface area contributed by atoms with Crippen LogP contribution in [0.1, 0.15) is 39.5 Å². The van der Waals surface area contributed by atoms with Gasteiger partial charge in [0.15, 0.2) is 0 Å². The van der Waals surface area contributed by atoms with E-state index in [2.05, 4.69) is 15.6 Å². The van der Waals surface area contributed by atoms with Gasteiger partial charge in [0.05, 0.1) is 12.1 Å². The van der Waals surface area contributed by atoms with Crippen molar-refractivity contribution in [3.63, 3.8) is 0 Å². The Morgan fingerprint density at radius 3 is 2.52 bits per heavy atom. The summed E-state index contributed by atoms with van der Waals surface area (Å²) in [4.78, 5) is 15.9. The van der Waals surface area contributed by atoms with E-state index in [0.717, 1.165) is 11.8 Å². The van der Waals surface area contributed by atoms with Crippen LogP contribution in [-0.4, -0.2) is 77.1 Å². The number of nitrogens with one attached hydrogen (secondary N) is 3. The Bertz CT molecular complexity index is 769. The fourth-order valence-corrected chi connectivity index (χ4v) is 7.48. The van der Waals surface area contributed by atoms with Gasteiger partial charge in [-0.3, -0.25) is 4.90 Å². The number of hydrogen-bond acceptors (Lipinski definition) is 6. The first kappa shape index (κ1) is 21.5. The van der Waals surface area contributed by atoms with Gasteiger partial charge in [0.25, 0.3) is 6.43 Å². The summed E-state index contributed by atoms with van der Waals surface area (Å²) in [7, 11) is -3.92. The summed E-state index contributed by atoms with van der Waals surface area (Å²) in [5, 5.41) is -2.46. The number of alkyl halides is 3. The molecule has 13 heteroatoms. The van der Waals surface area contributed by atoms with E-state index in [0.29, 0.717) is 19.4 Å². The Hall–Kier alpha value is -0.760. The number of halogens is 3. The molecule has 0 radical (unpaired) electrons. The zero-order chi connectivity index (χ0) is 21.1. The Kier molecular flexibility index (Phi) is 5.50. The maximum absolute atomic E-state index is 15.0. The zero-order valence-corrected chi connectivity index (χ0v) is 17.8. The summed E-state index contributed by atoms with van der Waals surface area (Å²) in [5.41, 5.74) is 3.87. The van der Waals surface area contributed by atoms with Crippen molar-refractivity contribution in [2.45, 2.75) is 85.9 Å². The molecule has 8 nitrogen and oxygen atoms in total. The monoisotopic (exact) mass is 457 g/mol. The number of hydrazine groups is 1. The lowest BCUT2D eigenvalue weighted by Gasteiger charge is -2.39. The molecule has 4 aliphatic rings. The number of rotatable bonds is 6. The highest BCUT2D eigenvalue weighted by molar-refractivity contribution is 8.00. The Labute approximate surface area is 172 Å². The third-order valence-electron chi connectivity index (χ3n) is 6.25. The molecule has 0 bridgehead atoms. The molecule has 0 aromatic rings. The van der Waals surface area contributed by atoms with Crippen molar-refractivity contribution in [2.24, 2.45) is 0 Å². The van der Waals surface area contributed by atoms with Crippen molar-refractivity contribution in [1.82, 2.24) is 25.4 Å². The number of thioether (sulfide) groups is 1. The molecule has 6 atom stereocenters. The van der Waals surface area contributed by atoms with Crippen molar-refractivity contribution in [3.05, 3.63) is 0 Å². The predicted molar refractivity (Wildman–Crippen MR) is 102 cm³/mol. The van der Waals surface area contributed by atoms with Crippen LogP contribution in [0.15, 0.2) is 0 Å². The summed E-state index contributed by atoms with van der Waals surface area (Å²) in [6.45, 7) is 3.88. The fraction of sp³-hybridized carbons (Fsp3) is 0.938. The maximum Gasteiger partial charge on any atom is 0.322 e. The van der Waals surface area contributed by atoms with Crippen LogP contribution in [0.25, 0.3) is 0 Å². The lowest BCUT2D eigenvalue weighted by atomic mass is 9.88. The molecule has 166 valence electrons. The molecule has 2 heterocycles. The van der Waals surface area contributed by atoms with Crippen molar-refractivity contribution in [3.8, 4) is 0 Å². The average Bonchev–Trinajstić information content (AvgIpc) is 3.05. The van der Waals surface area contributed by atoms with Gasteiger partial charge in [0, 0.05) is 18.5 Å². The highest BCUT2D eigenvalue weighted by Gasteiger charge is 2.57. The van der Waals surface area contributed by atoms with Crippen LogP contribution in [0.3, 0.4) is 0 Å². The van der Waals surface area contributed by atoms with E-state index >= 15 is 0 Å². The number of nitrogens with zero attached hydrogens (tertiary/aromatic N) is 2. The number of carbonyl (C=O) groups excluding carboxylic acids is 1. The molecular formula is C16H26F3N5O3S2. The smallest absolute Gasteiger partial charge is 0.320 e. The first-order valence-electron chi connectivity index (χ1n) is 9.77. The number of likely N-dealkylation sites (N-methyl/N-ethyl adjacent to an activating group) is 1. The summed E-state index contributed by atoms with van der Waals surface area (Å²) in [5.74, 6) is 0. The van der Waals surface area contributed by atoms with Gasteiger partial charge in [-0.1, -0.05) is 11.8 Å². The number of sulfonamides is 1. The van der Waals surface area contributed by atoms with Crippen LogP contribution < -0.4 is 15.6 Å². The molecular weight excluding hydrogens is 431 g/mol. The van der Waals surface area contributed by atoms with E-state index in [-0.39, 0.29) is 12.8 Å². The maximum atomic E-state index is 15.0. The third-order valence-corrected chi connectivity index (χ3v) is 9.53. The average molecular weight is 458 g/mol. The summed E-state index contributed by atoms with van der Waals surface area (Å²) >= 11 is 0.865. The van der Waals surface area contributed by atoms with Crippen LogP contribution in [-0.2, 0) is 10.0 Å². The quantitative estimate of drug-likeness (QED) is 0.555. The molecule has 0 aromatic carbocycles. The normalized spacial score (nSPS) is 39.3. The van der Waals surface area contributed by atoms with Crippen molar-refractivity contribution < 1.29 is 26.4 Å². The Morgan fingerprint density at radius 1 is 1.28 bits per heavy atom. The van der Waals surface area contributed by atoms with E-state index in [1.807, 2.05) is 0 Å². The molecule has 0 spiro atoms. The predicted octanol–water partition coefficient (Wildman–Crippen LogP) is 1.17. The minimum atomic E-state index is -3.92. The van der Waals surface area contributed by atoms with Gasteiger partial charge in [-0.2, -0.15) is 0 Å². The summed E-state index contributed by atoms with van der Waals surface area (Å²) < 4.78 is 69.3. The molecule has 29 heavy (non-hydrogen) atoms. The Morgan fingerprint density at radius 2 is 1.97 bits per heavy atom. The summed E-state index contributed by atoms with van der Waals surface area (Å²) in [6, 6.07) is -1.46. The molecule has 4 rings (SSSR count). The van der Waals surface area contributed by atoms with Crippen LogP contribution in [0.4, 0.5) is 18.0 Å². The van der Waals surface area contributed by atoms with Gasteiger partial charge < -0.3 is 4.90 Å². The van der Waals surface area contributed by atoms with Crippen LogP contribution in [0.5, 0.6) is 0 Å². The van der Waals surface area contributed by atoms with Crippen molar-refractivity contribution in [2.75, 3.05) is 6.54 Å². The first-order valence-corrected chi connectivity index (χ1v) is 12.3. The Balaban J connectivity index is 1.57. The second kappa shape index (κ2) is 7.43. The van der Waals surface area contributed by atoms with Gasteiger partial charge in [0.2, 0.25) is 10.0 Å². The van der Waals surface area contributed by atoms with E-state index < -0.39 is 62.4 Å². The zero-order valence-electron chi connectivity index (χ0n) is 16.1. The minimum absolute atomic E-state index is 0.0719. The largest absolute Gasteiger partial charge is 0.322 e. The minimum Gasteiger partial charge on any atom is -0.320 e. The lowest BCUT2D eigenvalue weighted by molar-refractivity contribution is 0.120. The number of carbonyl (C=O) groups is 1. The van der Waals surface area contributed by atoms with Crippen molar-refractivity contribution >= 4 is 27.8 Å². The topological polar surface area (TPSA) is 93.8 Å². The highest BCUT2D eigenvalue weighted by Crippen LogP contribution is 2.42. The van der Waals surface area contributed by atoms with Gasteiger partial charge in [-0.05, 0) is 33.1 Å². The van der Waals surface area contributed by atoms with Gasteiger partial charge >= 0.3 is 6.03 Å². The molecule has 3 N–H and O–H groups in total. The standard InChI is InChI=1S/C16H26F3N5O3S2/c1-3-23-9-6-8(17)11(29(26,27)22-16(2)4-5-16)7-10(9)24(15(23)25)14-21-20-13(28-14)12(18)19/h8-14,20-22H,3-7H2,1-2H3. The fourth-order valence-electron chi connectivity index (χ4n) is 4.44. The summed E-state index contributed by atoms with van der Waals surface area (Å²) in [6.07, 6.45) is -2.98. The molecule has 2 saturated heterocycles. The third kappa shape index (κ3) is 3.84. The SMILES string of the molecule is CCN1C(=O)N(C2NNC(C(F)F)S2)C2CC(S(=O)(=O)NC3(C)CC3)C(F)CC21. The van der Waals surface area contributed by atoms with Gasteiger partial charge in [-0.15, -0.1) is 0 Å². The number of urea groups is 1. The number of fused-ring (bicyclic) bond motifs is 1. The molecule has 2 amide bonds. The second-order valence-corrected chi connectivity index (χ2v) is 11.5. The number of amides is 2. The molecule has 2 aliphatic carbocycles. The van der Waals surface area contributed by atoms with Crippen molar-refractivity contribution in [1.29, 1.82) is 0 Å². The van der Waals surface area contributed by atoms with E-state index in [4.69, 9.17) is 0 Å². The van der Waals surface area contributed by atoms with Gasteiger partial charge in [0.1, 0.15) is 22.3 Å². The van der Waals surface area contributed by atoms with Crippen LogP contribution in [0.2, 0.25) is 0 Å². The van der Waals surface area contributed by atoms with Crippen LogP contribution in [0, 0.1) is 0 Å². The lowest BCUT2D eigenvalue weighted by Crippen LogP contribution is -2.56. The first-order chi connectivity index (χ1) is 13.6. The molecule has 2 aliphatic heterocycles. The number of hydrogen-bond donors (Lipinski definition) is 3. The van der Waals surface area contributed by atoms with E-state index in [1.165, 1.54) is 9.80 Å². The van der Waals surface area contributed by atoms with E-state index in [9.17, 15) is 26.4 Å². The molecule has 6 unspecified atom stereocenters. The second-order valence-electron chi connectivity index (χ2n) is 8.38. The van der Waals surface area contributed by atoms with E-state index in [1.54, 1.807) is 13.8 Å².